The molecule has 1 saturated heterocycles. The summed E-state index contributed by atoms with van der Waals surface area (Å²) in [5.74, 6) is -0.709. The number of amides is 1. The Hall–Kier alpha value is -2.61. The maximum absolute atomic E-state index is 14.0. The third-order valence-corrected chi connectivity index (χ3v) is 5.97. The highest BCUT2D eigenvalue weighted by atomic mass is 32.2. The summed E-state index contributed by atoms with van der Waals surface area (Å²) in [7, 11) is -3.99. The lowest BCUT2D eigenvalue weighted by Gasteiger charge is -2.28. The second-order valence-corrected chi connectivity index (χ2v) is 8.32. The van der Waals surface area contributed by atoms with Crippen LogP contribution in [0, 0.1) is 12.7 Å². The van der Waals surface area contributed by atoms with Gasteiger partial charge in [0.05, 0.1) is 17.2 Å². The zero-order valence-electron chi connectivity index (χ0n) is 15.9. The van der Waals surface area contributed by atoms with Crippen molar-refractivity contribution in [1.82, 2.24) is 0 Å². The molecule has 28 heavy (non-hydrogen) atoms. The second kappa shape index (κ2) is 8.18. The molecule has 2 aromatic rings. The zero-order chi connectivity index (χ0) is 20.3. The fourth-order valence-corrected chi connectivity index (χ4v) is 4.22. The minimum atomic E-state index is -3.99. The Morgan fingerprint density at radius 1 is 1.18 bits per heavy atom. The largest absolute Gasteiger partial charge is 0.491 e. The van der Waals surface area contributed by atoms with Gasteiger partial charge in [-0.3, -0.25) is 9.52 Å². The van der Waals surface area contributed by atoms with Gasteiger partial charge in [-0.25, -0.2) is 12.8 Å². The van der Waals surface area contributed by atoms with Crippen molar-refractivity contribution in [3.63, 3.8) is 0 Å². The van der Waals surface area contributed by atoms with Crippen LogP contribution in [0.3, 0.4) is 0 Å². The fraction of sp³-hybridized carbons (Fsp3) is 0.350. The molecular formula is C20H23FN2O4S. The van der Waals surface area contributed by atoms with Gasteiger partial charge in [0.25, 0.3) is 10.0 Å². The van der Waals surface area contributed by atoms with Crippen LogP contribution < -0.4 is 14.4 Å². The predicted octanol–water partition coefficient (Wildman–Crippen LogP) is 3.85. The highest BCUT2D eigenvalue weighted by Gasteiger charge is 2.22. The van der Waals surface area contributed by atoms with Crippen molar-refractivity contribution in [2.75, 3.05) is 22.8 Å². The van der Waals surface area contributed by atoms with E-state index in [9.17, 15) is 17.6 Å². The van der Waals surface area contributed by atoms with Gasteiger partial charge < -0.3 is 9.64 Å². The van der Waals surface area contributed by atoms with E-state index in [1.807, 2.05) is 6.92 Å². The van der Waals surface area contributed by atoms with Gasteiger partial charge in [-0.05, 0) is 62.6 Å². The van der Waals surface area contributed by atoms with E-state index in [0.717, 1.165) is 24.5 Å². The average molecular weight is 406 g/mol. The third kappa shape index (κ3) is 4.27. The van der Waals surface area contributed by atoms with Gasteiger partial charge in [-0.2, -0.15) is 0 Å². The van der Waals surface area contributed by atoms with Crippen LogP contribution in [0.2, 0.25) is 0 Å². The van der Waals surface area contributed by atoms with E-state index in [1.165, 1.54) is 12.1 Å². The number of halogens is 1. The molecule has 0 unspecified atom stereocenters. The van der Waals surface area contributed by atoms with Crippen LogP contribution in [0.5, 0.6) is 5.75 Å². The van der Waals surface area contributed by atoms with Gasteiger partial charge in [0.1, 0.15) is 0 Å². The number of carbonyl (C=O) groups is 1. The number of rotatable bonds is 6. The molecule has 1 fully saturated rings. The van der Waals surface area contributed by atoms with Gasteiger partial charge in [0.15, 0.2) is 11.6 Å². The molecule has 1 N–H and O–H groups in total. The highest BCUT2D eigenvalue weighted by Crippen LogP contribution is 2.29. The van der Waals surface area contributed by atoms with E-state index in [0.29, 0.717) is 24.3 Å². The summed E-state index contributed by atoms with van der Waals surface area (Å²) < 4.78 is 46.9. The number of sulfonamides is 1. The first-order valence-corrected chi connectivity index (χ1v) is 10.7. The molecule has 6 nitrogen and oxygen atoms in total. The molecule has 1 heterocycles. The van der Waals surface area contributed by atoms with E-state index in [2.05, 4.69) is 4.72 Å². The quantitative estimate of drug-likeness (QED) is 0.791. The monoisotopic (exact) mass is 406 g/mol. The molecule has 1 aliphatic heterocycles. The predicted molar refractivity (Wildman–Crippen MR) is 106 cm³/mol. The normalized spacial score (nSPS) is 14.8. The summed E-state index contributed by atoms with van der Waals surface area (Å²) in [6, 6.07) is 8.53. The topological polar surface area (TPSA) is 75.7 Å². The van der Waals surface area contributed by atoms with E-state index in [-0.39, 0.29) is 23.2 Å². The Labute approximate surface area is 164 Å². The van der Waals surface area contributed by atoms with Crippen molar-refractivity contribution < 1.29 is 22.3 Å². The fourth-order valence-electron chi connectivity index (χ4n) is 3.16. The van der Waals surface area contributed by atoms with Gasteiger partial charge in [0, 0.05) is 18.7 Å². The summed E-state index contributed by atoms with van der Waals surface area (Å²) >= 11 is 0. The number of piperidine rings is 1. The summed E-state index contributed by atoms with van der Waals surface area (Å²) in [4.78, 5) is 13.7. The average Bonchev–Trinajstić information content (AvgIpc) is 2.65. The summed E-state index contributed by atoms with van der Waals surface area (Å²) in [5.41, 5.74) is 1.88. The molecule has 0 radical (unpaired) electrons. The lowest BCUT2D eigenvalue weighted by atomic mass is 10.1. The van der Waals surface area contributed by atoms with Crippen molar-refractivity contribution in [2.24, 2.45) is 0 Å². The molecule has 0 saturated carbocycles. The molecule has 0 aliphatic carbocycles. The van der Waals surface area contributed by atoms with Crippen LogP contribution in [0.1, 0.15) is 31.7 Å². The Balaban J connectivity index is 1.87. The van der Waals surface area contributed by atoms with E-state index >= 15 is 0 Å². The van der Waals surface area contributed by atoms with Crippen molar-refractivity contribution in [2.45, 2.75) is 38.0 Å². The number of nitrogens with zero attached hydrogens (tertiary/aromatic N) is 1. The minimum Gasteiger partial charge on any atom is -0.491 e. The maximum atomic E-state index is 14.0. The van der Waals surface area contributed by atoms with Gasteiger partial charge in [0.2, 0.25) is 5.91 Å². The number of benzene rings is 2. The number of nitrogens with one attached hydrogen (secondary N) is 1. The molecule has 150 valence electrons. The van der Waals surface area contributed by atoms with Crippen molar-refractivity contribution in [3.8, 4) is 5.75 Å². The lowest BCUT2D eigenvalue weighted by molar-refractivity contribution is -0.119. The van der Waals surface area contributed by atoms with Crippen LogP contribution in [-0.2, 0) is 14.8 Å². The van der Waals surface area contributed by atoms with Crippen molar-refractivity contribution in [3.05, 3.63) is 47.8 Å². The number of hydrogen-bond donors (Lipinski definition) is 1. The number of anilines is 2. The second-order valence-electron chi connectivity index (χ2n) is 6.63. The molecule has 0 aromatic heterocycles. The number of carbonyl (C=O) groups excluding carboxylic acids is 1. The first-order chi connectivity index (χ1) is 13.3. The number of ether oxygens (including phenoxy) is 1. The Morgan fingerprint density at radius 2 is 1.96 bits per heavy atom. The Kier molecular flexibility index (Phi) is 5.88. The molecule has 1 aliphatic rings. The standard InChI is InChI=1S/C20H23FN2O4S/c1-3-27-19-10-9-16(13-17(19)21)28(25,26)22-15-8-7-14(2)18(12-15)23-11-5-4-6-20(23)24/h7-10,12-13,22H,3-6,11H2,1-2H3. The molecule has 2 aromatic carbocycles. The molecule has 0 bridgehead atoms. The first kappa shape index (κ1) is 20.1. The van der Waals surface area contributed by atoms with E-state index in [1.54, 1.807) is 30.0 Å². The Morgan fingerprint density at radius 3 is 2.64 bits per heavy atom. The van der Waals surface area contributed by atoms with Crippen LogP contribution in [-0.4, -0.2) is 27.5 Å². The molecule has 8 heteroatoms. The van der Waals surface area contributed by atoms with Crippen molar-refractivity contribution >= 4 is 27.3 Å². The number of aryl methyl sites for hydroxylation is 1. The zero-order valence-corrected chi connectivity index (χ0v) is 16.7. The summed E-state index contributed by atoms with van der Waals surface area (Å²) in [6.45, 7) is 4.48. The van der Waals surface area contributed by atoms with Gasteiger partial charge >= 0.3 is 0 Å². The Bertz CT molecular complexity index is 992. The smallest absolute Gasteiger partial charge is 0.262 e. The summed E-state index contributed by atoms with van der Waals surface area (Å²) in [6.07, 6.45) is 2.26. The van der Waals surface area contributed by atoms with Gasteiger partial charge in [-0.1, -0.05) is 6.07 Å². The maximum Gasteiger partial charge on any atom is 0.262 e. The molecular weight excluding hydrogens is 383 g/mol. The molecule has 3 rings (SSSR count). The highest BCUT2D eigenvalue weighted by molar-refractivity contribution is 7.92. The molecule has 0 spiro atoms. The van der Waals surface area contributed by atoms with E-state index in [4.69, 9.17) is 4.74 Å². The molecule has 1 amide bonds. The third-order valence-electron chi connectivity index (χ3n) is 4.59. The summed E-state index contributed by atoms with van der Waals surface area (Å²) in [5, 5.41) is 0. The lowest BCUT2D eigenvalue weighted by Crippen LogP contribution is -2.35. The van der Waals surface area contributed by atoms with Crippen LogP contribution >= 0.6 is 0 Å². The van der Waals surface area contributed by atoms with Crippen LogP contribution in [0.15, 0.2) is 41.3 Å². The first-order valence-electron chi connectivity index (χ1n) is 9.18. The van der Waals surface area contributed by atoms with Crippen LogP contribution in [0.4, 0.5) is 15.8 Å². The SMILES string of the molecule is CCOc1ccc(S(=O)(=O)Nc2ccc(C)c(N3CCCCC3=O)c2)cc1F. The van der Waals surface area contributed by atoms with Gasteiger partial charge in [-0.15, -0.1) is 0 Å². The van der Waals surface area contributed by atoms with Crippen molar-refractivity contribution in [1.29, 1.82) is 0 Å². The van der Waals surface area contributed by atoms with E-state index < -0.39 is 15.8 Å². The minimum absolute atomic E-state index is 0.00248. The molecule has 0 atom stereocenters. The number of hydrogen-bond acceptors (Lipinski definition) is 4. The van der Waals surface area contributed by atoms with Crippen LogP contribution in [0.25, 0.3) is 0 Å².